The van der Waals surface area contributed by atoms with Gasteiger partial charge in [-0.25, -0.2) is 0 Å². The first-order valence-electron chi connectivity index (χ1n) is 8.97. The quantitative estimate of drug-likeness (QED) is 0.705. The number of carbonyl (C=O) groups excluding carboxylic acids is 2. The van der Waals surface area contributed by atoms with Crippen LogP contribution in [0.4, 0.5) is 0 Å². The molecule has 3 rings (SSSR count). The Kier molecular flexibility index (Phi) is 6.48. The zero-order valence-corrected chi connectivity index (χ0v) is 15.9. The summed E-state index contributed by atoms with van der Waals surface area (Å²) in [4.78, 5) is 25.9. The molecule has 6 heteroatoms. The largest absolute Gasteiger partial charge is 0.484 e. The molecule has 0 aromatic heterocycles. The molecule has 1 atom stereocenters. The van der Waals surface area contributed by atoms with Gasteiger partial charge in [0.25, 0.3) is 5.91 Å². The highest BCUT2D eigenvalue weighted by Crippen LogP contribution is 2.24. The lowest BCUT2D eigenvalue weighted by Gasteiger charge is -2.33. The zero-order chi connectivity index (χ0) is 19.2. The molecule has 2 aromatic rings. The summed E-state index contributed by atoms with van der Waals surface area (Å²) in [7, 11) is 0. The van der Waals surface area contributed by atoms with Crippen LogP contribution in [0.15, 0.2) is 48.5 Å². The van der Waals surface area contributed by atoms with Crippen molar-refractivity contribution in [1.29, 1.82) is 0 Å². The third-order valence-corrected chi connectivity index (χ3v) is 4.77. The number of rotatable bonds is 6. The van der Waals surface area contributed by atoms with Gasteiger partial charge in [0.05, 0.1) is 13.2 Å². The fourth-order valence-corrected chi connectivity index (χ4v) is 3.06. The van der Waals surface area contributed by atoms with E-state index in [1.807, 2.05) is 31.2 Å². The molecule has 1 aliphatic heterocycles. The molecular weight excluding hydrogens is 366 g/mol. The summed E-state index contributed by atoms with van der Waals surface area (Å²) in [6, 6.07) is 14.3. The highest BCUT2D eigenvalue weighted by atomic mass is 35.5. The van der Waals surface area contributed by atoms with E-state index in [1.165, 1.54) is 0 Å². The predicted molar refractivity (Wildman–Crippen MR) is 103 cm³/mol. The van der Waals surface area contributed by atoms with E-state index >= 15 is 0 Å². The van der Waals surface area contributed by atoms with Gasteiger partial charge in [-0.2, -0.15) is 0 Å². The van der Waals surface area contributed by atoms with Crippen LogP contribution in [0.5, 0.6) is 5.75 Å². The van der Waals surface area contributed by atoms with Crippen LogP contribution < -0.4 is 4.74 Å². The zero-order valence-electron chi connectivity index (χ0n) is 15.2. The van der Waals surface area contributed by atoms with Crippen LogP contribution in [0.2, 0.25) is 5.02 Å². The molecule has 0 radical (unpaired) electrons. The highest BCUT2D eigenvalue weighted by Gasteiger charge is 2.25. The fourth-order valence-electron chi connectivity index (χ4n) is 2.93. The average molecular weight is 388 g/mol. The average Bonchev–Trinajstić information content (AvgIpc) is 2.72. The number of Topliss-reactive ketones (excluding diaryl/α,β-unsaturated/α-hetero) is 1. The molecule has 1 amide bonds. The van der Waals surface area contributed by atoms with Crippen molar-refractivity contribution in [3.63, 3.8) is 0 Å². The van der Waals surface area contributed by atoms with Crippen LogP contribution in [0, 0.1) is 0 Å². The standard InChI is InChI=1S/C21H22ClNO4/c1-2-19(24)15-5-9-18(10-6-15)27-14-21(25)23-11-12-26-20(13-23)16-3-7-17(22)8-4-16/h3-10,20H,2,11-14H2,1H3. The second-order valence-corrected chi connectivity index (χ2v) is 6.78. The summed E-state index contributed by atoms with van der Waals surface area (Å²) in [5.41, 5.74) is 1.64. The lowest BCUT2D eigenvalue weighted by atomic mass is 10.1. The van der Waals surface area contributed by atoms with Crippen molar-refractivity contribution in [3.8, 4) is 5.75 Å². The highest BCUT2D eigenvalue weighted by molar-refractivity contribution is 6.30. The van der Waals surface area contributed by atoms with E-state index in [-0.39, 0.29) is 24.4 Å². The summed E-state index contributed by atoms with van der Waals surface area (Å²) in [6.45, 7) is 3.27. The van der Waals surface area contributed by atoms with Gasteiger partial charge in [0.2, 0.25) is 0 Å². The van der Waals surface area contributed by atoms with Gasteiger partial charge < -0.3 is 14.4 Å². The van der Waals surface area contributed by atoms with Crippen LogP contribution in [0.1, 0.15) is 35.4 Å². The van der Waals surface area contributed by atoms with Crippen molar-refractivity contribution in [2.75, 3.05) is 26.3 Å². The maximum Gasteiger partial charge on any atom is 0.260 e. The second-order valence-electron chi connectivity index (χ2n) is 6.34. The SMILES string of the molecule is CCC(=O)c1ccc(OCC(=O)N2CCOC(c3ccc(Cl)cc3)C2)cc1. The van der Waals surface area contributed by atoms with Crippen molar-refractivity contribution in [3.05, 3.63) is 64.7 Å². The van der Waals surface area contributed by atoms with Crippen LogP contribution in [0.25, 0.3) is 0 Å². The molecule has 1 aliphatic rings. The van der Waals surface area contributed by atoms with Gasteiger partial charge in [-0.1, -0.05) is 30.7 Å². The molecule has 1 heterocycles. The summed E-state index contributed by atoms with van der Waals surface area (Å²) in [5, 5.41) is 0.669. The van der Waals surface area contributed by atoms with E-state index in [9.17, 15) is 9.59 Å². The van der Waals surface area contributed by atoms with Gasteiger partial charge in [-0.05, 0) is 42.0 Å². The topological polar surface area (TPSA) is 55.8 Å². The normalized spacial score (nSPS) is 16.8. The third kappa shape index (κ3) is 5.08. The Morgan fingerprint density at radius 3 is 2.52 bits per heavy atom. The second kappa shape index (κ2) is 9.02. The number of ether oxygens (including phenoxy) is 2. The monoisotopic (exact) mass is 387 g/mol. The Morgan fingerprint density at radius 2 is 1.85 bits per heavy atom. The molecule has 0 aliphatic carbocycles. The van der Waals surface area contributed by atoms with Crippen molar-refractivity contribution < 1.29 is 19.1 Å². The molecule has 0 bridgehead atoms. The number of nitrogens with zero attached hydrogens (tertiary/aromatic N) is 1. The van der Waals surface area contributed by atoms with Crippen molar-refractivity contribution in [1.82, 2.24) is 4.90 Å². The van der Waals surface area contributed by atoms with Crippen LogP contribution in [0.3, 0.4) is 0 Å². The Hall–Kier alpha value is -2.37. The summed E-state index contributed by atoms with van der Waals surface area (Å²) >= 11 is 5.92. The molecule has 1 saturated heterocycles. The summed E-state index contributed by atoms with van der Waals surface area (Å²) < 4.78 is 11.4. The number of hydrogen-bond acceptors (Lipinski definition) is 4. The Morgan fingerprint density at radius 1 is 1.15 bits per heavy atom. The minimum absolute atomic E-state index is 0.0472. The lowest BCUT2D eigenvalue weighted by Crippen LogP contribution is -2.44. The number of morpholine rings is 1. The van der Waals surface area contributed by atoms with E-state index in [0.717, 1.165) is 5.56 Å². The van der Waals surface area contributed by atoms with Crippen LogP contribution in [-0.2, 0) is 9.53 Å². The number of benzene rings is 2. The number of ketones is 1. The molecule has 5 nitrogen and oxygen atoms in total. The van der Waals surface area contributed by atoms with E-state index in [2.05, 4.69) is 0 Å². The van der Waals surface area contributed by atoms with Crippen molar-refractivity contribution in [2.45, 2.75) is 19.4 Å². The predicted octanol–water partition coefficient (Wildman–Crippen LogP) is 3.91. The number of hydrogen-bond donors (Lipinski definition) is 0. The van der Waals surface area contributed by atoms with Crippen LogP contribution in [-0.4, -0.2) is 42.9 Å². The van der Waals surface area contributed by atoms with Crippen molar-refractivity contribution >= 4 is 23.3 Å². The Bertz CT molecular complexity index is 789. The molecule has 1 unspecified atom stereocenters. The van der Waals surface area contributed by atoms with Gasteiger partial charge in [0.1, 0.15) is 11.9 Å². The summed E-state index contributed by atoms with van der Waals surface area (Å²) in [6.07, 6.45) is 0.295. The maximum atomic E-state index is 12.5. The van der Waals surface area contributed by atoms with E-state index in [4.69, 9.17) is 21.1 Å². The molecule has 0 N–H and O–H groups in total. The Balaban J connectivity index is 1.54. The molecule has 142 valence electrons. The first-order valence-corrected chi connectivity index (χ1v) is 9.35. The minimum atomic E-state index is -0.167. The van der Waals surface area contributed by atoms with Crippen molar-refractivity contribution in [2.24, 2.45) is 0 Å². The first kappa shape index (κ1) is 19.4. The molecular formula is C21H22ClNO4. The first-order chi connectivity index (χ1) is 13.1. The van der Waals surface area contributed by atoms with Gasteiger partial charge in [-0.15, -0.1) is 0 Å². The molecule has 0 spiro atoms. The molecule has 27 heavy (non-hydrogen) atoms. The number of amides is 1. The number of halogens is 1. The molecule has 1 fully saturated rings. The minimum Gasteiger partial charge on any atom is -0.484 e. The van der Waals surface area contributed by atoms with E-state index in [0.29, 0.717) is 42.5 Å². The van der Waals surface area contributed by atoms with Gasteiger partial charge in [-0.3, -0.25) is 9.59 Å². The van der Waals surface area contributed by atoms with Crippen LogP contribution >= 0.6 is 11.6 Å². The van der Waals surface area contributed by atoms with E-state index < -0.39 is 0 Å². The smallest absolute Gasteiger partial charge is 0.260 e. The third-order valence-electron chi connectivity index (χ3n) is 4.52. The van der Waals surface area contributed by atoms with Gasteiger partial charge in [0.15, 0.2) is 12.4 Å². The lowest BCUT2D eigenvalue weighted by molar-refractivity contribution is -0.141. The molecule has 0 saturated carbocycles. The van der Waals surface area contributed by atoms with Gasteiger partial charge >= 0.3 is 0 Å². The van der Waals surface area contributed by atoms with Gasteiger partial charge in [0, 0.05) is 23.6 Å². The number of carbonyl (C=O) groups is 2. The van der Waals surface area contributed by atoms with E-state index in [1.54, 1.807) is 29.2 Å². The Labute approximate surface area is 163 Å². The fraction of sp³-hybridized carbons (Fsp3) is 0.333. The summed E-state index contributed by atoms with van der Waals surface area (Å²) in [5.74, 6) is 0.559. The maximum absolute atomic E-state index is 12.5. The molecule has 2 aromatic carbocycles.